The zero-order chi connectivity index (χ0) is 10.6. The number of urea groups is 1. The second-order valence-electron chi connectivity index (χ2n) is 3.33. The standard InChI is InChI=1S/C8H16N4O2/c1-10-8(14)12-4-2-6(3-5-12)7(13)11-9/h6H,2-5,9H2,1H3,(H,10,14)(H,11,13). The molecule has 0 unspecified atom stereocenters. The van der Waals surface area contributed by atoms with Gasteiger partial charge in [0.15, 0.2) is 0 Å². The van der Waals surface area contributed by atoms with E-state index in [0.29, 0.717) is 25.9 Å². The Labute approximate surface area is 82.8 Å². The van der Waals surface area contributed by atoms with Gasteiger partial charge in [0.1, 0.15) is 0 Å². The second-order valence-corrected chi connectivity index (χ2v) is 3.33. The summed E-state index contributed by atoms with van der Waals surface area (Å²) >= 11 is 0. The van der Waals surface area contributed by atoms with Gasteiger partial charge in [-0.2, -0.15) is 0 Å². The molecule has 0 aromatic heterocycles. The van der Waals surface area contributed by atoms with Crippen molar-refractivity contribution >= 4 is 11.9 Å². The van der Waals surface area contributed by atoms with Crippen LogP contribution in [0.25, 0.3) is 0 Å². The van der Waals surface area contributed by atoms with Gasteiger partial charge in [-0.1, -0.05) is 0 Å². The van der Waals surface area contributed by atoms with Crippen LogP contribution in [-0.4, -0.2) is 37.0 Å². The Morgan fingerprint density at radius 2 is 1.93 bits per heavy atom. The number of nitrogens with one attached hydrogen (secondary N) is 2. The fraction of sp³-hybridized carbons (Fsp3) is 0.750. The van der Waals surface area contributed by atoms with Crippen molar-refractivity contribution in [3.8, 4) is 0 Å². The van der Waals surface area contributed by atoms with Crippen molar-refractivity contribution in [3.63, 3.8) is 0 Å². The summed E-state index contributed by atoms with van der Waals surface area (Å²) in [5.74, 6) is 4.84. The Bertz CT molecular complexity index is 199. The monoisotopic (exact) mass is 200 g/mol. The predicted molar refractivity (Wildman–Crippen MR) is 51.1 cm³/mol. The molecule has 4 N–H and O–H groups in total. The Balaban J connectivity index is 2.38. The molecule has 14 heavy (non-hydrogen) atoms. The summed E-state index contributed by atoms with van der Waals surface area (Å²) in [6.07, 6.45) is 1.35. The van der Waals surface area contributed by atoms with E-state index in [1.165, 1.54) is 0 Å². The summed E-state index contributed by atoms with van der Waals surface area (Å²) < 4.78 is 0. The van der Waals surface area contributed by atoms with Crippen LogP contribution >= 0.6 is 0 Å². The van der Waals surface area contributed by atoms with Crippen LogP contribution in [0.1, 0.15) is 12.8 Å². The van der Waals surface area contributed by atoms with E-state index < -0.39 is 0 Å². The SMILES string of the molecule is CNC(=O)N1CCC(C(=O)NN)CC1. The molecule has 0 aromatic carbocycles. The number of hydrogen-bond donors (Lipinski definition) is 3. The predicted octanol–water partition coefficient (Wildman–Crippen LogP) is -0.972. The first-order chi connectivity index (χ1) is 6.69. The van der Waals surface area contributed by atoms with Crippen LogP contribution in [0.3, 0.4) is 0 Å². The summed E-state index contributed by atoms with van der Waals surface area (Å²) in [4.78, 5) is 24.1. The molecule has 1 saturated heterocycles. The molecule has 0 radical (unpaired) electrons. The van der Waals surface area contributed by atoms with Crippen LogP contribution < -0.4 is 16.6 Å². The first-order valence-corrected chi connectivity index (χ1v) is 4.66. The van der Waals surface area contributed by atoms with Crippen molar-refractivity contribution in [1.29, 1.82) is 0 Å². The van der Waals surface area contributed by atoms with Crippen molar-refractivity contribution in [3.05, 3.63) is 0 Å². The summed E-state index contributed by atoms with van der Waals surface area (Å²) in [6.45, 7) is 1.22. The van der Waals surface area contributed by atoms with Crippen molar-refractivity contribution in [2.45, 2.75) is 12.8 Å². The lowest BCUT2D eigenvalue weighted by molar-refractivity contribution is -0.126. The Kier molecular flexibility index (Phi) is 3.70. The van der Waals surface area contributed by atoms with Crippen LogP contribution in [-0.2, 0) is 4.79 Å². The number of rotatable bonds is 1. The molecular formula is C8H16N4O2. The fourth-order valence-corrected chi connectivity index (χ4v) is 1.62. The summed E-state index contributed by atoms with van der Waals surface area (Å²) in [5.41, 5.74) is 2.13. The molecule has 1 rings (SSSR count). The Morgan fingerprint density at radius 1 is 1.36 bits per heavy atom. The molecule has 0 atom stereocenters. The van der Waals surface area contributed by atoms with E-state index in [2.05, 4.69) is 10.7 Å². The number of amides is 3. The van der Waals surface area contributed by atoms with E-state index in [0.717, 1.165) is 0 Å². The molecule has 0 saturated carbocycles. The molecule has 0 bridgehead atoms. The zero-order valence-corrected chi connectivity index (χ0v) is 8.25. The largest absolute Gasteiger partial charge is 0.341 e. The minimum absolute atomic E-state index is 0.0547. The van der Waals surface area contributed by atoms with E-state index in [1.807, 2.05) is 0 Å². The number of carbonyl (C=O) groups is 2. The lowest BCUT2D eigenvalue weighted by Crippen LogP contribution is -2.46. The van der Waals surface area contributed by atoms with Crippen LogP contribution in [0.5, 0.6) is 0 Å². The molecule has 3 amide bonds. The van der Waals surface area contributed by atoms with Gasteiger partial charge in [0.05, 0.1) is 0 Å². The highest BCUT2D eigenvalue weighted by Crippen LogP contribution is 2.16. The molecule has 1 fully saturated rings. The second kappa shape index (κ2) is 4.80. The quantitative estimate of drug-likeness (QED) is 0.289. The lowest BCUT2D eigenvalue weighted by atomic mass is 9.96. The van der Waals surface area contributed by atoms with Gasteiger partial charge in [-0.3, -0.25) is 10.2 Å². The zero-order valence-electron chi connectivity index (χ0n) is 8.25. The van der Waals surface area contributed by atoms with Crippen molar-refractivity contribution in [2.75, 3.05) is 20.1 Å². The van der Waals surface area contributed by atoms with Crippen LogP contribution in [0, 0.1) is 5.92 Å². The van der Waals surface area contributed by atoms with Crippen LogP contribution in [0.2, 0.25) is 0 Å². The average Bonchev–Trinajstić information content (AvgIpc) is 2.27. The summed E-state index contributed by atoms with van der Waals surface area (Å²) in [5, 5.41) is 2.55. The Morgan fingerprint density at radius 3 is 2.36 bits per heavy atom. The molecule has 0 spiro atoms. The summed E-state index contributed by atoms with van der Waals surface area (Å²) in [7, 11) is 1.60. The first kappa shape index (κ1) is 10.8. The van der Waals surface area contributed by atoms with Gasteiger partial charge >= 0.3 is 6.03 Å². The van der Waals surface area contributed by atoms with Gasteiger partial charge in [-0.05, 0) is 12.8 Å². The molecule has 0 aliphatic carbocycles. The maximum Gasteiger partial charge on any atom is 0.317 e. The highest BCUT2D eigenvalue weighted by atomic mass is 16.2. The van der Waals surface area contributed by atoms with Gasteiger partial charge in [0, 0.05) is 26.1 Å². The number of piperidine rings is 1. The third-order valence-corrected chi connectivity index (χ3v) is 2.51. The maximum absolute atomic E-state index is 11.2. The van der Waals surface area contributed by atoms with Crippen molar-refractivity contribution in [2.24, 2.45) is 11.8 Å². The molecular weight excluding hydrogens is 184 g/mol. The number of nitrogens with zero attached hydrogens (tertiary/aromatic N) is 1. The third kappa shape index (κ3) is 2.35. The van der Waals surface area contributed by atoms with Crippen molar-refractivity contribution in [1.82, 2.24) is 15.6 Å². The van der Waals surface area contributed by atoms with Gasteiger partial charge < -0.3 is 10.2 Å². The number of hydrogen-bond acceptors (Lipinski definition) is 3. The highest BCUT2D eigenvalue weighted by Gasteiger charge is 2.26. The first-order valence-electron chi connectivity index (χ1n) is 4.66. The van der Waals surface area contributed by atoms with Crippen molar-refractivity contribution < 1.29 is 9.59 Å². The Hall–Kier alpha value is -1.30. The van der Waals surface area contributed by atoms with E-state index in [-0.39, 0.29) is 17.9 Å². The van der Waals surface area contributed by atoms with Gasteiger partial charge in [-0.15, -0.1) is 0 Å². The molecule has 6 nitrogen and oxygen atoms in total. The molecule has 0 aromatic rings. The smallest absolute Gasteiger partial charge is 0.317 e. The fourth-order valence-electron chi connectivity index (χ4n) is 1.62. The third-order valence-electron chi connectivity index (χ3n) is 2.51. The normalized spacial score (nSPS) is 17.7. The minimum atomic E-state index is -0.137. The number of nitrogens with two attached hydrogens (primary N) is 1. The molecule has 6 heteroatoms. The molecule has 1 aliphatic heterocycles. The van der Waals surface area contributed by atoms with Crippen LogP contribution in [0.4, 0.5) is 4.79 Å². The summed E-state index contributed by atoms with van der Waals surface area (Å²) in [6, 6.07) is -0.0865. The van der Waals surface area contributed by atoms with E-state index >= 15 is 0 Å². The average molecular weight is 200 g/mol. The van der Waals surface area contributed by atoms with Gasteiger partial charge in [0.2, 0.25) is 5.91 Å². The number of hydrazine groups is 1. The van der Waals surface area contributed by atoms with E-state index in [4.69, 9.17) is 5.84 Å². The minimum Gasteiger partial charge on any atom is -0.341 e. The van der Waals surface area contributed by atoms with Gasteiger partial charge in [-0.25, -0.2) is 10.6 Å². The number of carbonyl (C=O) groups excluding carboxylic acids is 2. The lowest BCUT2D eigenvalue weighted by Gasteiger charge is -2.30. The highest BCUT2D eigenvalue weighted by molar-refractivity contribution is 5.79. The molecule has 1 aliphatic rings. The van der Waals surface area contributed by atoms with Crippen LogP contribution in [0.15, 0.2) is 0 Å². The topological polar surface area (TPSA) is 87.5 Å². The molecule has 1 heterocycles. The number of likely N-dealkylation sites (tertiary alicyclic amines) is 1. The molecule has 80 valence electrons. The van der Waals surface area contributed by atoms with E-state index in [9.17, 15) is 9.59 Å². The maximum atomic E-state index is 11.2. The van der Waals surface area contributed by atoms with Gasteiger partial charge in [0.25, 0.3) is 0 Å². The van der Waals surface area contributed by atoms with E-state index in [1.54, 1.807) is 11.9 Å².